The first-order valence-electron chi connectivity index (χ1n) is 7.25. The number of nitrogens with one attached hydrogen (secondary N) is 2. The summed E-state index contributed by atoms with van der Waals surface area (Å²) in [4.78, 5) is 4.22. The standard InChI is InChI=1S/C16H23N5.HI/c1-14-12-20-21(13-14)11-10-19-16(17-2)18-9-8-15-6-4-3-5-7-15;/h3-7,12-13H,8-11H2,1-2H3,(H2,17,18,19);1H. The van der Waals surface area contributed by atoms with E-state index in [0.717, 1.165) is 32.0 Å². The molecule has 2 aromatic rings. The zero-order chi connectivity index (χ0) is 14.9. The molecule has 0 radical (unpaired) electrons. The van der Waals surface area contributed by atoms with E-state index in [0.29, 0.717) is 0 Å². The van der Waals surface area contributed by atoms with Crippen molar-refractivity contribution in [3.05, 3.63) is 53.9 Å². The third kappa shape index (κ3) is 6.46. The van der Waals surface area contributed by atoms with Gasteiger partial charge in [-0.05, 0) is 24.5 Å². The Balaban J connectivity index is 0.00000242. The number of aryl methyl sites for hydroxylation is 1. The van der Waals surface area contributed by atoms with Crippen LogP contribution in [0.3, 0.4) is 0 Å². The van der Waals surface area contributed by atoms with E-state index in [4.69, 9.17) is 0 Å². The first kappa shape index (κ1) is 18.5. The maximum atomic E-state index is 4.26. The smallest absolute Gasteiger partial charge is 0.191 e. The fraction of sp³-hybridized carbons (Fsp3) is 0.375. The Bertz CT molecular complexity index is 565. The van der Waals surface area contributed by atoms with Crippen molar-refractivity contribution in [2.75, 3.05) is 20.1 Å². The molecule has 0 amide bonds. The van der Waals surface area contributed by atoms with Crippen LogP contribution in [-0.2, 0) is 13.0 Å². The number of hydrogen-bond acceptors (Lipinski definition) is 2. The number of halogens is 1. The highest BCUT2D eigenvalue weighted by Gasteiger charge is 1.98. The average Bonchev–Trinajstić information content (AvgIpc) is 2.92. The molecule has 0 aliphatic carbocycles. The largest absolute Gasteiger partial charge is 0.356 e. The van der Waals surface area contributed by atoms with Crippen molar-refractivity contribution in [1.82, 2.24) is 20.4 Å². The van der Waals surface area contributed by atoms with E-state index in [2.05, 4.69) is 45.0 Å². The van der Waals surface area contributed by atoms with E-state index >= 15 is 0 Å². The van der Waals surface area contributed by atoms with Crippen molar-refractivity contribution < 1.29 is 0 Å². The Hall–Kier alpha value is -1.57. The third-order valence-electron chi connectivity index (χ3n) is 3.17. The summed E-state index contributed by atoms with van der Waals surface area (Å²) < 4.78 is 1.93. The monoisotopic (exact) mass is 413 g/mol. The van der Waals surface area contributed by atoms with Gasteiger partial charge >= 0.3 is 0 Å². The van der Waals surface area contributed by atoms with Gasteiger partial charge in [-0.1, -0.05) is 30.3 Å². The van der Waals surface area contributed by atoms with Gasteiger partial charge in [-0.2, -0.15) is 5.10 Å². The van der Waals surface area contributed by atoms with Crippen molar-refractivity contribution in [2.24, 2.45) is 4.99 Å². The second-order valence-electron chi connectivity index (χ2n) is 4.94. The Morgan fingerprint density at radius 2 is 1.91 bits per heavy atom. The number of rotatable bonds is 6. The SMILES string of the molecule is CN=C(NCCc1ccccc1)NCCn1cc(C)cn1.I. The molecular formula is C16H24IN5. The van der Waals surface area contributed by atoms with Crippen molar-refractivity contribution in [3.8, 4) is 0 Å². The zero-order valence-corrected chi connectivity index (χ0v) is 15.5. The zero-order valence-electron chi connectivity index (χ0n) is 13.1. The van der Waals surface area contributed by atoms with Crippen LogP contribution in [0, 0.1) is 6.92 Å². The minimum Gasteiger partial charge on any atom is -0.356 e. The highest BCUT2D eigenvalue weighted by Crippen LogP contribution is 1.98. The van der Waals surface area contributed by atoms with E-state index in [-0.39, 0.29) is 24.0 Å². The quantitative estimate of drug-likeness (QED) is 0.434. The van der Waals surface area contributed by atoms with Gasteiger partial charge < -0.3 is 10.6 Å². The summed E-state index contributed by atoms with van der Waals surface area (Å²) in [6.07, 6.45) is 4.89. The van der Waals surface area contributed by atoms with Crippen molar-refractivity contribution >= 4 is 29.9 Å². The number of aromatic nitrogens is 2. The van der Waals surface area contributed by atoms with Gasteiger partial charge in [-0.3, -0.25) is 9.67 Å². The van der Waals surface area contributed by atoms with Crippen LogP contribution in [0.25, 0.3) is 0 Å². The molecule has 2 N–H and O–H groups in total. The lowest BCUT2D eigenvalue weighted by Gasteiger charge is -2.11. The Labute approximate surface area is 149 Å². The minimum atomic E-state index is 0. The molecule has 6 heteroatoms. The van der Waals surface area contributed by atoms with Crippen LogP contribution in [0.4, 0.5) is 0 Å². The predicted molar refractivity (Wildman–Crippen MR) is 102 cm³/mol. The number of hydrogen-bond donors (Lipinski definition) is 2. The van der Waals surface area contributed by atoms with Gasteiger partial charge in [-0.25, -0.2) is 0 Å². The van der Waals surface area contributed by atoms with E-state index in [1.54, 1.807) is 7.05 Å². The van der Waals surface area contributed by atoms with Crippen LogP contribution >= 0.6 is 24.0 Å². The summed E-state index contributed by atoms with van der Waals surface area (Å²) in [5.74, 6) is 0.829. The summed E-state index contributed by atoms with van der Waals surface area (Å²) in [5, 5.41) is 10.9. The average molecular weight is 413 g/mol. The molecule has 0 spiro atoms. The van der Waals surface area contributed by atoms with Gasteiger partial charge in [0.05, 0.1) is 12.7 Å². The molecule has 5 nitrogen and oxygen atoms in total. The molecule has 0 fully saturated rings. The van der Waals surface area contributed by atoms with E-state index in [1.807, 2.05) is 30.1 Å². The predicted octanol–water partition coefficient (Wildman–Crippen LogP) is 2.22. The first-order valence-corrected chi connectivity index (χ1v) is 7.25. The second kappa shape index (κ2) is 10.2. The van der Waals surface area contributed by atoms with Gasteiger partial charge in [0, 0.05) is 26.3 Å². The van der Waals surface area contributed by atoms with Gasteiger partial charge in [-0.15, -0.1) is 24.0 Å². The Morgan fingerprint density at radius 3 is 2.55 bits per heavy atom. The molecule has 0 atom stereocenters. The fourth-order valence-electron chi connectivity index (χ4n) is 2.07. The first-order chi connectivity index (χ1) is 10.3. The normalized spacial score (nSPS) is 10.9. The van der Waals surface area contributed by atoms with E-state index in [9.17, 15) is 0 Å². The highest BCUT2D eigenvalue weighted by atomic mass is 127. The number of aliphatic imine (C=N–C) groups is 1. The summed E-state index contributed by atoms with van der Waals surface area (Å²) in [6, 6.07) is 10.4. The van der Waals surface area contributed by atoms with Crippen molar-refractivity contribution in [1.29, 1.82) is 0 Å². The number of benzene rings is 1. The molecule has 0 saturated heterocycles. The summed E-state index contributed by atoms with van der Waals surface area (Å²) >= 11 is 0. The molecule has 0 aliphatic heterocycles. The third-order valence-corrected chi connectivity index (χ3v) is 3.17. The van der Waals surface area contributed by atoms with Crippen LogP contribution < -0.4 is 10.6 Å². The summed E-state index contributed by atoms with van der Waals surface area (Å²) in [5.41, 5.74) is 2.51. The van der Waals surface area contributed by atoms with Crippen LogP contribution in [-0.4, -0.2) is 35.9 Å². The van der Waals surface area contributed by atoms with E-state index in [1.165, 1.54) is 11.1 Å². The second-order valence-corrected chi connectivity index (χ2v) is 4.94. The molecule has 0 unspecified atom stereocenters. The molecule has 0 bridgehead atoms. The lowest BCUT2D eigenvalue weighted by molar-refractivity contribution is 0.597. The number of guanidine groups is 1. The van der Waals surface area contributed by atoms with E-state index < -0.39 is 0 Å². The Kier molecular flexibility index (Phi) is 8.57. The maximum absolute atomic E-state index is 4.26. The molecule has 0 saturated carbocycles. The molecule has 22 heavy (non-hydrogen) atoms. The van der Waals surface area contributed by atoms with Gasteiger partial charge in [0.15, 0.2) is 5.96 Å². The summed E-state index contributed by atoms with van der Waals surface area (Å²) in [6.45, 7) is 4.53. The molecule has 1 heterocycles. The van der Waals surface area contributed by atoms with Gasteiger partial charge in [0.1, 0.15) is 0 Å². The lowest BCUT2D eigenvalue weighted by atomic mass is 10.1. The molecule has 1 aromatic carbocycles. The van der Waals surface area contributed by atoms with Crippen LogP contribution in [0.15, 0.2) is 47.7 Å². The molecule has 0 aliphatic rings. The molecular weight excluding hydrogens is 389 g/mol. The Morgan fingerprint density at radius 1 is 1.18 bits per heavy atom. The van der Waals surface area contributed by atoms with Crippen LogP contribution in [0.5, 0.6) is 0 Å². The molecule has 1 aromatic heterocycles. The van der Waals surface area contributed by atoms with Crippen LogP contribution in [0.1, 0.15) is 11.1 Å². The summed E-state index contributed by atoms with van der Waals surface area (Å²) in [7, 11) is 1.79. The van der Waals surface area contributed by atoms with Crippen LogP contribution in [0.2, 0.25) is 0 Å². The van der Waals surface area contributed by atoms with Gasteiger partial charge in [0.25, 0.3) is 0 Å². The van der Waals surface area contributed by atoms with Crippen molar-refractivity contribution in [3.63, 3.8) is 0 Å². The minimum absolute atomic E-state index is 0. The lowest BCUT2D eigenvalue weighted by Crippen LogP contribution is -2.39. The molecule has 120 valence electrons. The highest BCUT2D eigenvalue weighted by molar-refractivity contribution is 14.0. The van der Waals surface area contributed by atoms with Gasteiger partial charge in [0.2, 0.25) is 0 Å². The topological polar surface area (TPSA) is 54.2 Å². The fourth-order valence-corrected chi connectivity index (χ4v) is 2.07. The van der Waals surface area contributed by atoms with Crippen molar-refractivity contribution in [2.45, 2.75) is 19.9 Å². The number of nitrogens with zero attached hydrogens (tertiary/aromatic N) is 3. The maximum Gasteiger partial charge on any atom is 0.191 e. The molecule has 2 rings (SSSR count).